The highest BCUT2D eigenvalue weighted by Crippen LogP contribution is 2.22. The van der Waals surface area contributed by atoms with Crippen molar-refractivity contribution < 1.29 is 4.79 Å². The molecule has 5 nitrogen and oxygen atoms in total. The fourth-order valence-corrected chi connectivity index (χ4v) is 2.96. The molecule has 0 aliphatic heterocycles. The normalized spacial score (nSPS) is 11.7. The number of carbonyl (C=O) groups is 1. The van der Waals surface area contributed by atoms with E-state index in [1.165, 1.54) is 0 Å². The Hall–Kier alpha value is -2.55. The molecule has 6 heteroatoms. The Morgan fingerprint density at radius 3 is 2.41 bits per heavy atom. The summed E-state index contributed by atoms with van der Waals surface area (Å²) in [5.41, 5.74) is 2.47. The molecule has 0 spiro atoms. The van der Waals surface area contributed by atoms with Gasteiger partial charge in [-0.15, -0.1) is 0 Å². The number of urea groups is 1. The molecule has 2 rings (SSSR count). The van der Waals surface area contributed by atoms with Crippen LogP contribution in [0.5, 0.6) is 0 Å². The summed E-state index contributed by atoms with van der Waals surface area (Å²) in [6.07, 6.45) is 0. The van der Waals surface area contributed by atoms with Crippen molar-refractivity contribution >= 4 is 17.6 Å². The first-order chi connectivity index (χ1) is 12.9. The van der Waals surface area contributed by atoms with Crippen LogP contribution in [0.15, 0.2) is 48.5 Å². The van der Waals surface area contributed by atoms with Gasteiger partial charge < -0.3 is 15.1 Å². The van der Waals surface area contributed by atoms with Crippen molar-refractivity contribution in [1.29, 1.82) is 5.26 Å². The fourth-order valence-electron chi connectivity index (χ4n) is 2.66. The fraction of sp³-hybridized carbons (Fsp3) is 0.333. The van der Waals surface area contributed by atoms with Crippen LogP contribution in [0.2, 0.25) is 5.02 Å². The minimum Gasteiger partial charge on any atom is -0.331 e. The van der Waals surface area contributed by atoms with Crippen LogP contribution in [0.4, 0.5) is 4.79 Å². The van der Waals surface area contributed by atoms with Crippen LogP contribution in [-0.2, 0) is 6.54 Å². The molecule has 0 radical (unpaired) electrons. The maximum atomic E-state index is 12.9. The number of nitrogens with zero attached hydrogens (tertiary/aromatic N) is 3. The van der Waals surface area contributed by atoms with Gasteiger partial charge in [0.25, 0.3) is 0 Å². The Morgan fingerprint density at radius 1 is 1.15 bits per heavy atom. The van der Waals surface area contributed by atoms with Gasteiger partial charge in [0.2, 0.25) is 0 Å². The molecule has 27 heavy (non-hydrogen) atoms. The number of nitrogens with one attached hydrogen (secondary N) is 1. The Labute approximate surface area is 166 Å². The van der Waals surface area contributed by atoms with Crippen molar-refractivity contribution in [1.82, 2.24) is 15.1 Å². The first kappa shape index (κ1) is 20.8. The Bertz CT molecular complexity index is 799. The zero-order valence-electron chi connectivity index (χ0n) is 15.9. The summed E-state index contributed by atoms with van der Waals surface area (Å²) in [5.74, 6) is 0. The number of hydrogen-bond donors (Lipinski definition) is 1. The van der Waals surface area contributed by atoms with Crippen LogP contribution in [0.25, 0.3) is 0 Å². The summed E-state index contributed by atoms with van der Waals surface area (Å²) in [4.78, 5) is 16.7. The number of likely N-dealkylation sites (N-methyl/N-ethyl adjacent to an activating group) is 1. The molecule has 1 N–H and O–H groups in total. The minimum absolute atomic E-state index is 0.145. The van der Waals surface area contributed by atoms with Crippen LogP contribution in [0, 0.1) is 11.3 Å². The molecular weight excluding hydrogens is 360 g/mol. The number of benzene rings is 2. The van der Waals surface area contributed by atoms with Gasteiger partial charge in [0.05, 0.1) is 17.7 Å². The van der Waals surface area contributed by atoms with E-state index in [4.69, 9.17) is 16.9 Å². The molecule has 1 unspecified atom stereocenters. The van der Waals surface area contributed by atoms with Crippen molar-refractivity contribution in [3.8, 4) is 6.07 Å². The van der Waals surface area contributed by atoms with Crippen molar-refractivity contribution in [2.45, 2.75) is 19.5 Å². The molecule has 0 saturated carbocycles. The maximum Gasteiger partial charge on any atom is 0.318 e. The monoisotopic (exact) mass is 384 g/mol. The van der Waals surface area contributed by atoms with E-state index in [9.17, 15) is 4.79 Å². The van der Waals surface area contributed by atoms with Gasteiger partial charge in [-0.05, 0) is 50.3 Å². The second-order valence-corrected chi connectivity index (χ2v) is 7.13. The molecule has 0 saturated heterocycles. The van der Waals surface area contributed by atoms with Gasteiger partial charge in [0, 0.05) is 24.7 Å². The Balaban J connectivity index is 2.10. The standard InChI is InChI=1S/C21H25ClN4O/c1-16(19-6-4-5-7-20(19)22)24-21(27)26(13-12-25(2)3)15-18-10-8-17(14-23)9-11-18/h4-11,16H,12-13,15H2,1-3H3,(H,24,27). The van der Waals surface area contributed by atoms with Gasteiger partial charge in [-0.25, -0.2) is 4.79 Å². The molecular formula is C21H25ClN4O. The second kappa shape index (κ2) is 9.96. The summed E-state index contributed by atoms with van der Waals surface area (Å²) in [6.45, 7) is 3.74. The average molecular weight is 385 g/mol. The zero-order valence-corrected chi connectivity index (χ0v) is 16.7. The highest BCUT2D eigenvalue weighted by atomic mass is 35.5. The van der Waals surface area contributed by atoms with Gasteiger partial charge in [0.15, 0.2) is 0 Å². The van der Waals surface area contributed by atoms with E-state index in [1.807, 2.05) is 62.3 Å². The van der Waals surface area contributed by atoms with Crippen molar-refractivity contribution in [3.63, 3.8) is 0 Å². The van der Waals surface area contributed by atoms with Crippen LogP contribution in [0.1, 0.15) is 29.7 Å². The lowest BCUT2D eigenvalue weighted by Crippen LogP contribution is -2.43. The molecule has 142 valence electrons. The van der Waals surface area contributed by atoms with Crippen LogP contribution in [-0.4, -0.2) is 43.0 Å². The summed E-state index contributed by atoms with van der Waals surface area (Å²) in [5, 5.41) is 12.6. The molecule has 0 fully saturated rings. The summed E-state index contributed by atoms with van der Waals surface area (Å²) in [7, 11) is 3.95. The largest absolute Gasteiger partial charge is 0.331 e. The predicted molar refractivity (Wildman–Crippen MR) is 109 cm³/mol. The first-order valence-electron chi connectivity index (χ1n) is 8.84. The van der Waals surface area contributed by atoms with E-state index in [0.29, 0.717) is 23.7 Å². The molecule has 2 amide bonds. The van der Waals surface area contributed by atoms with E-state index in [-0.39, 0.29) is 12.1 Å². The van der Waals surface area contributed by atoms with Crippen molar-refractivity contribution in [3.05, 3.63) is 70.2 Å². The highest BCUT2D eigenvalue weighted by molar-refractivity contribution is 6.31. The quantitative estimate of drug-likeness (QED) is 0.783. The SMILES string of the molecule is CC(NC(=O)N(CCN(C)C)Cc1ccc(C#N)cc1)c1ccccc1Cl. The topological polar surface area (TPSA) is 59.4 Å². The summed E-state index contributed by atoms with van der Waals surface area (Å²) >= 11 is 6.25. The lowest BCUT2D eigenvalue weighted by molar-refractivity contribution is 0.185. The smallest absolute Gasteiger partial charge is 0.318 e. The van der Waals surface area contributed by atoms with E-state index in [1.54, 1.807) is 17.0 Å². The lowest BCUT2D eigenvalue weighted by atomic mass is 10.1. The molecule has 0 aromatic heterocycles. The van der Waals surface area contributed by atoms with E-state index in [2.05, 4.69) is 11.4 Å². The molecule has 0 heterocycles. The third kappa shape index (κ3) is 6.28. The van der Waals surface area contributed by atoms with Crippen LogP contribution < -0.4 is 5.32 Å². The van der Waals surface area contributed by atoms with E-state index in [0.717, 1.165) is 17.7 Å². The summed E-state index contributed by atoms with van der Waals surface area (Å²) in [6, 6.07) is 16.6. The highest BCUT2D eigenvalue weighted by Gasteiger charge is 2.18. The summed E-state index contributed by atoms with van der Waals surface area (Å²) < 4.78 is 0. The second-order valence-electron chi connectivity index (χ2n) is 6.73. The predicted octanol–water partition coefficient (Wildman–Crippen LogP) is 4.05. The van der Waals surface area contributed by atoms with Gasteiger partial charge in [-0.3, -0.25) is 0 Å². The number of nitriles is 1. The van der Waals surface area contributed by atoms with Crippen molar-refractivity contribution in [2.24, 2.45) is 0 Å². The van der Waals surface area contributed by atoms with Gasteiger partial charge >= 0.3 is 6.03 Å². The molecule has 0 bridgehead atoms. The molecule has 2 aromatic rings. The van der Waals surface area contributed by atoms with Gasteiger partial charge in [-0.1, -0.05) is 41.9 Å². The third-order valence-corrected chi connectivity index (χ3v) is 4.62. The van der Waals surface area contributed by atoms with Gasteiger partial charge in [-0.2, -0.15) is 5.26 Å². The van der Waals surface area contributed by atoms with Crippen LogP contribution >= 0.6 is 11.6 Å². The number of hydrogen-bond acceptors (Lipinski definition) is 3. The molecule has 2 aromatic carbocycles. The minimum atomic E-state index is -0.200. The van der Waals surface area contributed by atoms with Crippen molar-refractivity contribution in [2.75, 3.05) is 27.2 Å². The average Bonchev–Trinajstić information content (AvgIpc) is 2.65. The lowest BCUT2D eigenvalue weighted by Gasteiger charge is -2.27. The first-order valence-corrected chi connectivity index (χ1v) is 9.22. The number of carbonyl (C=O) groups excluding carboxylic acids is 1. The van der Waals surface area contributed by atoms with E-state index >= 15 is 0 Å². The third-order valence-electron chi connectivity index (χ3n) is 4.27. The van der Waals surface area contributed by atoms with Crippen LogP contribution in [0.3, 0.4) is 0 Å². The Kier molecular flexibility index (Phi) is 7.66. The zero-order chi connectivity index (χ0) is 19.8. The maximum absolute atomic E-state index is 12.9. The number of amides is 2. The Morgan fingerprint density at radius 2 is 1.81 bits per heavy atom. The molecule has 1 atom stereocenters. The molecule has 0 aliphatic carbocycles. The van der Waals surface area contributed by atoms with E-state index < -0.39 is 0 Å². The molecule has 0 aliphatic rings. The number of rotatable bonds is 7. The van der Waals surface area contributed by atoms with Gasteiger partial charge in [0.1, 0.15) is 0 Å². The number of halogens is 1.